The van der Waals surface area contributed by atoms with E-state index in [9.17, 15) is 0 Å². The fourth-order valence-electron chi connectivity index (χ4n) is 2.81. The monoisotopic (exact) mass is 322 g/mol. The van der Waals surface area contributed by atoms with E-state index in [0.29, 0.717) is 5.95 Å². The number of nitrogens with two attached hydrogens (primary N) is 1. The van der Waals surface area contributed by atoms with Crippen LogP contribution in [0.15, 0.2) is 18.3 Å². The molecule has 6 heteroatoms. The maximum absolute atomic E-state index is 5.86. The molecule has 3 rings (SSSR count). The normalized spacial score (nSPS) is 14.0. The van der Waals surface area contributed by atoms with Crippen LogP contribution in [0, 0.1) is 18.8 Å². The number of hydrogen-bond donors (Lipinski definition) is 2. The molecule has 1 aliphatic rings. The van der Waals surface area contributed by atoms with E-state index in [1.807, 2.05) is 26.1 Å². The Bertz CT molecular complexity index is 767. The third kappa shape index (κ3) is 3.57. The minimum atomic E-state index is 0.304. The number of piperidine rings is 1. The Morgan fingerprint density at radius 1 is 1.12 bits per heavy atom. The van der Waals surface area contributed by atoms with Crippen molar-refractivity contribution in [2.45, 2.75) is 26.2 Å². The molecule has 0 atom stereocenters. The predicted molar refractivity (Wildman–Crippen MR) is 97.0 cm³/mol. The lowest BCUT2D eigenvalue weighted by molar-refractivity contribution is 0.572. The van der Waals surface area contributed by atoms with Gasteiger partial charge < -0.3 is 16.0 Å². The molecule has 0 bridgehead atoms. The third-order valence-corrected chi connectivity index (χ3v) is 4.10. The molecular weight excluding hydrogens is 300 g/mol. The van der Waals surface area contributed by atoms with Gasteiger partial charge in [0.2, 0.25) is 5.95 Å². The molecule has 124 valence electrons. The minimum Gasteiger partial charge on any atom is -0.373 e. The van der Waals surface area contributed by atoms with Crippen molar-refractivity contribution in [1.82, 2.24) is 15.0 Å². The number of hydrogen-bond acceptors (Lipinski definition) is 6. The van der Waals surface area contributed by atoms with Gasteiger partial charge in [0.25, 0.3) is 0 Å². The smallest absolute Gasteiger partial charge is 0.222 e. The lowest BCUT2D eigenvalue weighted by atomic mass is 10.1. The Labute approximate surface area is 142 Å². The number of rotatable bonds is 2. The molecule has 2 aromatic rings. The summed E-state index contributed by atoms with van der Waals surface area (Å²) in [5.74, 6) is 8.37. The molecule has 1 fully saturated rings. The van der Waals surface area contributed by atoms with Gasteiger partial charge in [0.15, 0.2) is 0 Å². The van der Waals surface area contributed by atoms with Crippen molar-refractivity contribution in [3.63, 3.8) is 0 Å². The van der Waals surface area contributed by atoms with Gasteiger partial charge in [-0.2, -0.15) is 4.98 Å². The average Bonchev–Trinajstić information content (AvgIpc) is 2.61. The highest BCUT2D eigenvalue weighted by Crippen LogP contribution is 2.24. The summed E-state index contributed by atoms with van der Waals surface area (Å²) in [6, 6.07) is 3.85. The van der Waals surface area contributed by atoms with Gasteiger partial charge in [-0.25, -0.2) is 9.97 Å². The summed E-state index contributed by atoms with van der Waals surface area (Å²) >= 11 is 0. The number of nitrogen functional groups attached to an aromatic ring is 1. The van der Waals surface area contributed by atoms with Gasteiger partial charge in [0, 0.05) is 31.9 Å². The van der Waals surface area contributed by atoms with E-state index in [2.05, 4.69) is 37.0 Å². The van der Waals surface area contributed by atoms with Crippen LogP contribution in [0.1, 0.15) is 36.1 Å². The third-order valence-electron chi connectivity index (χ3n) is 4.10. The van der Waals surface area contributed by atoms with Crippen molar-refractivity contribution < 1.29 is 0 Å². The van der Waals surface area contributed by atoms with Gasteiger partial charge in [0.1, 0.15) is 11.6 Å². The second kappa shape index (κ2) is 7.18. The topological polar surface area (TPSA) is 80.0 Å². The quantitative estimate of drug-likeness (QED) is 0.825. The van der Waals surface area contributed by atoms with E-state index in [1.165, 1.54) is 19.3 Å². The van der Waals surface area contributed by atoms with Gasteiger partial charge in [0.05, 0.1) is 11.3 Å². The first-order valence-corrected chi connectivity index (χ1v) is 8.22. The van der Waals surface area contributed by atoms with Crippen LogP contribution in [0.25, 0.3) is 0 Å². The number of nitrogens with zero attached hydrogens (tertiary/aromatic N) is 4. The van der Waals surface area contributed by atoms with Gasteiger partial charge in [-0.05, 0) is 38.3 Å². The van der Waals surface area contributed by atoms with Crippen LogP contribution in [-0.2, 0) is 0 Å². The fourth-order valence-corrected chi connectivity index (χ4v) is 2.81. The van der Waals surface area contributed by atoms with Crippen LogP contribution < -0.4 is 16.0 Å². The molecule has 0 spiro atoms. The van der Waals surface area contributed by atoms with Crippen LogP contribution in [0.4, 0.5) is 17.6 Å². The number of aryl methyl sites for hydroxylation is 1. The summed E-state index contributed by atoms with van der Waals surface area (Å²) in [4.78, 5) is 15.3. The van der Waals surface area contributed by atoms with Crippen molar-refractivity contribution in [2.24, 2.45) is 0 Å². The van der Waals surface area contributed by atoms with Crippen molar-refractivity contribution in [2.75, 3.05) is 36.1 Å². The summed E-state index contributed by atoms with van der Waals surface area (Å²) in [7, 11) is 1.84. The highest BCUT2D eigenvalue weighted by Gasteiger charge is 2.18. The molecule has 0 aliphatic carbocycles. The van der Waals surface area contributed by atoms with E-state index in [4.69, 9.17) is 5.73 Å². The van der Waals surface area contributed by atoms with Crippen molar-refractivity contribution in [1.29, 1.82) is 0 Å². The van der Waals surface area contributed by atoms with E-state index in [1.54, 1.807) is 6.20 Å². The molecule has 24 heavy (non-hydrogen) atoms. The maximum Gasteiger partial charge on any atom is 0.222 e. The SMILES string of the molecule is CNc1ccc(C#Cc2c(C)nc(N)nc2N2CCCCC2)cn1. The zero-order valence-corrected chi connectivity index (χ0v) is 14.1. The molecular formula is C18H22N6. The molecule has 3 heterocycles. The van der Waals surface area contributed by atoms with Crippen LogP contribution in [0.5, 0.6) is 0 Å². The Morgan fingerprint density at radius 3 is 2.58 bits per heavy atom. The lowest BCUT2D eigenvalue weighted by Gasteiger charge is -2.28. The first kappa shape index (κ1) is 16.1. The molecule has 6 nitrogen and oxygen atoms in total. The van der Waals surface area contributed by atoms with Gasteiger partial charge in [-0.15, -0.1) is 0 Å². The summed E-state index contributed by atoms with van der Waals surface area (Å²) in [6.45, 7) is 3.91. The summed E-state index contributed by atoms with van der Waals surface area (Å²) in [5.41, 5.74) is 8.38. The van der Waals surface area contributed by atoms with E-state index in [-0.39, 0.29) is 0 Å². The molecule has 2 aromatic heterocycles. The largest absolute Gasteiger partial charge is 0.373 e. The number of anilines is 3. The Morgan fingerprint density at radius 2 is 1.92 bits per heavy atom. The fraction of sp³-hybridized carbons (Fsp3) is 0.389. The standard InChI is InChI=1S/C18H22N6/c1-13-15(8-6-14-7-9-16(20-2)21-12-14)17(23-18(19)22-13)24-10-4-3-5-11-24/h7,9,12H,3-5,10-11H2,1-2H3,(H,20,21)(H2,19,22,23). The molecule has 0 amide bonds. The van der Waals surface area contributed by atoms with Crippen LogP contribution in [0.3, 0.4) is 0 Å². The van der Waals surface area contributed by atoms with Crippen molar-refractivity contribution >= 4 is 17.6 Å². The van der Waals surface area contributed by atoms with Gasteiger partial charge in [-0.1, -0.05) is 11.8 Å². The zero-order chi connectivity index (χ0) is 16.9. The number of pyridine rings is 1. The van der Waals surface area contributed by atoms with Crippen LogP contribution >= 0.6 is 0 Å². The zero-order valence-electron chi connectivity index (χ0n) is 14.1. The second-order valence-corrected chi connectivity index (χ2v) is 5.85. The molecule has 0 radical (unpaired) electrons. The van der Waals surface area contributed by atoms with E-state index < -0.39 is 0 Å². The first-order valence-electron chi connectivity index (χ1n) is 8.22. The van der Waals surface area contributed by atoms with Crippen molar-refractivity contribution in [3.8, 4) is 11.8 Å². The molecule has 0 saturated carbocycles. The Kier molecular flexibility index (Phi) is 4.80. The first-order chi connectivity index (χ1) is 11.7. The highest BCUT2D eigenvalue weighted by atomic mass is 15.2. The average molecular weight is 322 g/mol. The van der Waals surface area contributed by atoms with Crippen molar-refractivity contribution in [3.05, 3.63) is 35.2 Å². The highest BCUT2D eigenvalue weighted by molar-refractivity contribution is 5.61. The number of nitrogens with one attached hydrogen (secondary N) is 1. The van der Waals surface area contributed by atoms with Gasteiger partial charge >= 0.3 is 0 Å². The van der Waals surface area contributed by atoms with Crippen LogP contribution in [-0.4, -0.2) is 35.1 Å². The molecule has 0 unspecified atom stereocenters. The number of aromatic nitrogens is 3. The van der Waals surface area contributed by atoms with E-state index in [0.717, 1.165) is 41.5 Å². The summed E-state index contributed by atoms with van der Waals surface area (Å²) in [6.07, 6.45) is 5.36. The van der Waals surface area contributed by atoms with Gasteiger partial charge in [-0.3, -0.25) is 0 Å². The minimum absolute atomic E-state index is 0.304. The maximum atomic E-state index is 5.86. The Balaban J connectivity index is 1.96. The van der Waals surface area contributed by atoms with E-state index >= 15 is 0 Å². The van der Waals surface area contributed by atoms with Crippen LogP contribution in [0.2, 0.25) is 0 Å². The Hall–Kier alpha value is -2.81. The summed E-state index contributed by atoms with van der Waals surface area (Å²) < 4.78 is 0. The predicted octanol–water partition coefficient (Wildman–Crippen LogP) is 2.19. The molecule has 1 saturated heterocycles. The molecule has 1 aliphatic heterocycles. The summed E-state index contributed by atoms with van der Waals surface area (Å²) in [5, 5.41) is 3.00. The second-order valence-electron chi connectivity index (χ2n) is 5.85. The lowest BCUT2D eigenvalue weighted by Crippen LogP contribution is -2.31. The molecule has 3 N–H and O–H groups in total. The molecule has 0 aromatic carbocycles.